The van der Waals surface area contributed by atoms with E-state index in [1.165, 1.54) is 0 Å². The number of carboxylic acids is 1. The molecule has 16 heavy (non-hydrogen) atoms. The normalized spacial score (nSPS) is 9.94. The molecule has 1 aromatic carbocycles. The van der Waals surface area contributed by atoms with Crippen molar-refractivity contribution in [3.63, 3.8) is 0 Å². The van der Waals surface area contributed by atoms with Crippen LogP contribution in [0.3, 0.4) is 0 Å². The van der Waals surface area contributed by atoms with Crippen molar-refractivity contribution in [2.75, 3.05) is 7.11 Å². The molecule has 86 valence electrons. The SMILES string of the molecule is COc1ccc(F)c(C(=O)CC(=O)O)c1F. The van der Waals surface area contributed by atoms with E-state index >= 15 is 0 Å². The highest BCUT2D eigenvalue weighted by molar-refractivity contribution is 6.06. The van der Waals surface area contributed by atoms with E-state index in [-0.39, 0.29) is 5.75 Å². The molecule has 0 fully saturated rings. The van der Waals surface area contributed by atoms with Crippen molar-refractivity contribution in [1.82, 2.24) is 0 Å². The summed E-state index contributed by atoms with van der Waals surface area (Å²) < 4.78 is 31.2. The monoisotopic (exact) mass is 230 g/mol. The number of hydrogen-bond donors (Lipinski definition) is 1. The molecule has 1 N–H and O–H groups in total. The van der Waals surface area contributed by atoms with Gasteiger partial charge < -0.3 is 9.84 Å². The van der Waals surface area contributed by atoms with Crippen molar-refractivity contribution < 1.29 is 28.2 Å². The molecule has 0 saturated heterocycles. The highest BCUT2D eigenvalue weighted by Gasteiger charge is 2.22. The Morgan fingerprint density at radius 1 is 1.38 bits per heavy atom. The van der Waals surface area contributed by atoms with Crippen LogP contribution >= 0.6 is 0 Å². The second-order valence-electron chi connectivity index (χ2n) is 2.93. The Hall–Kier alpha value is -1.98. The predicted molar refractivity (Wildman–Crippen MR) is 49.5 cm³/mol. The smallest absolute Gasteiger partial charge is 0.311 e. The number of hydrogen-bond acceptors (Lipinski definition) is 3. The third-order valence-electron chi connectivity index (χ3n) is 1.87. The number of rotatable bonds is 4. The average Bonchev–Trinajstić information content (AvgIpc) is 2.16. The Kier molecular flexibility index (Phi) is 3.55. The van der Waals surface area contributed by atoms with Crippen LogP contribution < -0.4 is 4.74 Å². The molecule has 0 radical (unpaired) electrons. The zero-order valence-corrected chi connectivity index (χ0v) is 8.29. The van der Waals surface area contributed by atoms with Crippen LogP contribution in [0.2, 0.25) is 0 Å². The lowest BCUT2D eigenvalue weighted by Gasteiger charge is -2.06. The topological polar surface area (TPSA) is 63.6 Å². The molecule has 0 saturated carbocycles. The van der Waals surface area contributed by atoms with Crippen molar-refractivity contribution in [3.8, 4) is 5.75 Å². The fourth-order valence-corrected chi connectivity index (χ4v) is 1.17. The Morgan fingerprint density at radius 3 is 2.50 bits per heavy atom. The number of carbonyl (C=O) groups is 2. The number of aliphatic carboxylic acids is 1. The third kappa shape index (κ3) is 2.33. The predicted octanol–water partition coefficient (Wildman–Crippen LogP) is 1.63. The van der Waals surface area contributed by atoms with E-state index in [1.807, 2.05) is 0 Å². The molecule has 0 spiro atoms. The minimum absolute atomic E-state index is 0.310. The summed E-state index contributed by atoms with van der Waals surface area (Å²) in [5.41, 5.74) is -0.887. The fraction of sp³-hybridized carbons (Fsp3) is 0.200. The van der Waals surface area contributed by atoms with Crippen LogP contribution in [-0.4, -0.2) is 24.0 Å². The van der Waals surface area contributed by atoms with E-state index in [1.54, 1.807) is 0 Å². The second kappa shape index (κ2) is 4.69. The number of Topliss-reactive ketones (excluding diaryl/α,β-unsaturated/α-hetero) is 1. The highest BCUT2D eigenvalue weighted by atomic mass is 19.1. The van der Waals surface area contributed by atoms with Gasteiger partial charge in [0.05, 0.1) is 12.7 Å². The number of ketones is 1. The van der Waals surface area contributed by atoms with Gasteiger partial charge in [0.15, 0.2) is 17.3 Å². The molecule has 1 aromatic rings. The second-order valence-corrected chi connectivity index (χ2v) is 2.93. The van der Waals surface area contributed by atoms with Crippen molar-refractivity contribution >= 4 is 11.8 Å². The summed E-state index contributed by atoms with van der Waals surface area (Å²) in [7, 11) is 1.15. The summed E-state index contributed by atoms with van der Waals surface area (Å²) in [6, 6.07) is 1.86. The van der Waals surface area contributed by atoms with E-state index in [2.05, 4.69) is 4.74 Å². The molecule has 0 heterocycles. The summed E-state index contributed by atoms with van der Waals surface area (Å²) in [5.74, 6) is -5.19. The van der Waals surface area contributed by atoms with Gasteiger partial charge in [0, 0.05) is 0 Å². The molecule has 0 atom stereocenters. The Bertz CT molecular complexity index is 443. The van der Waals surface area contributed by atoms with E-state index < -0.39 is 35.4 Å². The lowest BCUT2D eigenvalue weighted by atomic mass is 10.1. The molecule has 0 amide bonds. The molecule has 1 rings (SSSR count). The minimum atomic E-state index is -1.45. The van der Waals surface area contributed by atoms with Gasteiger partial charge in [0.25, 0.3) is 0 Å². The largest absolute Gasteiger partial charge is 0.494 e. The maximum absolute atomic E-state index is 13.5. The Labute approximate surface area is 89.5 Å². The van der Waals surface area contributed by atoms with Crippen LogP contribution in [0.25, 0.3) is 0 Å². The number of halogens is 2. The lowest BCUT2D eigenvalue weighted by Crippen LogP contribution is -2.11. The summed E-state index contributed by atoms with van der Waals surface area (Å²) >= 11 is 0. The Balaban J connectivity index is 3.21. The number of carboxylic acid groups (broad SMARTS) is 1. The van der Waals surface area contributed by atoms with Crippen molar-refractivity contribution in [3.05, 3.63) is 29.3 Å². The molecule has 0 aromatic heterocycles. The van der Waals surface area contributed by atoms with Crippen LogP contribution in [0.4, 0.5) is 8.78 Å². The number of ether oxygens (including phenoxy) is 1. The zero-order valence-electron chi connectivity index (χ0n) is 8.29. The lowest BCUT2D eigenvalue weighted by molar-refractivity contribution is -0.135. The first-order valence-electron chi connectivity index (χ1n) is 4.24. The van der Waals surface area contributed by atoms with Crippen LogP contribution in [0, 0.1) is 11.6 Å². The van der Waals surface area contributed by atoms with Crippen molar-refractivity contribution in [2.24, 2.45) is 0 Å². The summed E-state index contributed by atoms with van der Waals surface area (Å²) in [6.07, 6.45) is -0.971. The van der Waals surface area contributed by atoms with Gasteiger partial charge in [0.1, 0.15) is 12.2 Å². The number of benzene rings is 1. The van der Waals surface area contributed by atoms with Crippen molar-refractivity contribution in [1.29, 1.82) is 0 Å². The van der Waals surface area contributed by atoms with E-state index in [9.17, 15) is 18.4 Å². The maximum Gasteiger partial charge on any atom is 0.311 e. The van der Waals surface area contributed by atoms with E-state index in [4.69, 9.17) is 5.11 Å². The molecular formula is C10H8F2O4. The van der Waals surface area contributed by atoms with E-state index in [0.29, 0.717) is 0 Å². The maximum atomic E-state index is 13.5. The van der Waals surface area contributed by atoms with Gasteiger partial charge in [-0.3, -0.25) is 9.59 Å². The Morgan fingerprint density at radius 2 is 2.00 bits per heavy atom. The summed E-state index contributed by atoms with van der Waals surface area (Å²) in [5, 5.41) is 8.36. The first-order valence-corrected chi connectivity index (χ1v) is 4.24. The molecule has 4 nitrogen and oxygen atoms in total. The summed E-state index contributed by atoms with van der Waals surface area (Å²) in [4.78, 5) is 21.5. The van der Waals surface area contributed by atoms with Gasteiger partial charge in [-0.15, -0.1) is 0 Å². The molecule has 0 bridgehead atoms. The minimum Gasteiger partial charge on any atom is -0.494 e. The standard InChI is InChI=1S/C10H8F2O4/c1-16-7-3-2-5(11)9(10(7)12)6(13)4-8(14)15/h2-3H,4H2,1H3,(H,14,15). The van der Waals surface area contributed by atoms with Crippen LogP contribution in [0.15, 0.2) is 12.1 Å². The fourth-order valence-electron chi connectivity index (χ4n) is 1.17. The molecule has 0 aliphatic rings. The number of carbonyl (C=O) groups excluding carboxylic acids is 1. The molecule has 0 unspecified atom stereocenters. The van der Waals surface area contributed by atoms with Crippen LogP contribution in [0.1, 0.15) is 16.8 Å². The van der Waals surface area contributed by atoms with Gasteiger partial charge in [0.2, 0.25) is 0 Å². The van der Waals surface area contributed by atoms with Gasteiger partial charge >= 0.3 is 5.97 Å². The van der Waals surface area contributed by atoms with Gasteiger partial charge in [-0.05, 0) is 12.1 Å². The zero-order chi connectivity index (χ0) is 12.3. The molecule has 0 aliphatic carbocycles. The molecule has 0 aliphatic heterocycles. The van der Waals surface area contributed by atoms with Gasteiger partial charge in [-0.25, -0.2) is 8.78 Å². The van der Waals surface area contributed by atoms with Crippen molar-refractivity contribution in [2.45, 2.75) is 6.42 Å². The van der Waals surface area contributed by atoms with Gasteiger partial charge in [-0.2, -0.15) is 0 Å². The molecule has 6 heteroatoms. The quantitative estimate of drug-likeness (QED) is 0.630. The average molecular weight is 230 g/mol. The van der Waals surface area contributed by atoms with E-state index in [0.717, 1.165) is 19.2 Å². The first kappa shape index (κ1) is 12.1. The first-order chi connectivity index (χ1) is 7.47. The van der Waals surface area contributed by atoms with Gasteiger partial charge in [-0.1, -0.05) is 0 Å². The third-order valence-corrected chi connectivity index (χ3v) is 1.87. The van der Waals surface area contributed by atoms with Crippen LogP contribution in [0.5, 0.6) is 5.75 Å². The highest BCUT2D eigenvalue weighted by Crippen LogP contribution is 2.23. The molecular weight excluding hydrogens is 222 g/mol. The van der Waals surface area contributed by atoms with Crippen LogP contribution in [-0.2, 0) is 4.79 Å². The number of methoxy groups -OCH3 is 1. The summed E-state index contributed by atoms with van der Waals surface area (Å²) in [6.45, 7) is 0.